The Morgan fingerprint density at radius 1 is 1.48 bits per heavy atom. The first kappa shape index (κ1) is 13.8. The maximum Gasteiger partial charge on any atom is 0.329 e. The molecule has 1 fully saturated rings. The van der Waals surface area contributed by atoms with Crippen molar-refractivity contribution in [3.05, 3.63) is 29.0 Å². The van der Waals surface area contributed by atoms with Gasteiger partial charge in [-0.25, -0.2) is 9.78 Å². The smallest absolute Gasteiger partial charge is 0.329 e. The van der Waals surface area contributed by atoms with Gasteiger partial charge in [-0.15, -0.1) is 11.3 Å². The molecule has 1 aliphatic carbocycles. The zero-order chi connectivity index (χ0) is 15.0. The number of furan rings is 1. The Bertz CT molecular complexity index is 686. The van der Waals surface area contributed by atoms with E-state index in [4.69, 9.17) is 4.42 Å². The van der Waals surface area contributed by atoms with Gasteiger partial charge < -0.3 is 14.8 Å². The number of nitrogens with zero attached hydrogens (tertiary/aromatic N) is 1. The summed E-state index contributed by atoms with van der Waals surface area (Å²) in [6.45, 7) is 1.78. The zero-order valence-corrected chi connectivity index (χ0v) is 12.2. The van der Waals surface area contributed by atoms with Gasteiger partial charge in [0, 0.05) is 4.88 Å². The van der Waals surface area contributed by atoms with Gasteiger partial charge in [0.05, 0.1) is 6.26 Å². The highest BCUT2D eigenvalue weighted by Gasteiger charge is 2.46. The number of hydrogen-bond acceptors (Lipinski definition) is 5. The summed E-state index contributed by atoms with van der Waals surface area (Å²) in [5.74, 6) is -0.830. The average Bonchev–Trinajstić information content (AvgIpc) is 3.01. The molecule has 21 heavy (non-hydrogen) atoms. The van der Waals surface area contributed by atoms with Gasteiger partial charge in [0.2, 0.25) is 0 Å². The molecule has 0 aliphatic heterocycles. The van der Waals surface area contributed by atoms with Crippen LogP contribution < -0.4 is 5.32 Å². The number of carboxylic acid groups (broad SMARTS) is 1. The van der Waals surface area contributed by atoms with E-state index in [1.807, 2.05) is 0 Å². The average molecular weight is 306 g/mol. The molecule has 2 heterocycles. The quantitative estimate of drug-likeness (QED) is 0.905. The summed E-state index contributed by atoms with van der Waals surface area (Å²) < 4.78 is 5.26. The molecule has 0 aromatic carbocycles. The Hall–Kier alpha value is -2.15. The fourth-order valence-electron chi connectivity index (χ4n) is 2.31. The van der Waals surface area contributed by atoms with E-state index < -0.39 is 17.4 Å². The van der Waals surface area contributed by atoms with E-state index >= 15 is 0 Å². The monoisotopic (exact) mass is 306 g/mol. The molecule has 2 aromatic rings. The van der Waals surface area contributed by atoms with Crippen molar-refractivity contribution in [2.24, 2.45) is 0 Å². The minimum Gasteiger partial charge on any atom is -0.480 e. The number of hydrogen-bond donors (Lipinski definition) is 2. The van der Waals surface area contributed by atoms with Gasteiger partial charge in [-0.2, -0.15) is 0 Å². The lowest BCUT2D eigenvalue weighted by Gasteiger charge is -2.38. The Morgan fingerprint density at radius 2 is 2.24 bits per heavy atom. The van der Waals surface area contributed by atoms with Gasteiger partial charge in [-0.05, 0) is 38.3 Å². The molecule has 0 unspecified atom stereocenters. The third-order valence-corrected chi connectivity index (χ3v) is 4.70. The zero-order valence-electron chi connectivity index (χ0n) is 11.4. The normalized spacial score (nSPS) is 16.2. The van der Waals surface area contributed by atoms with Gasteiger partial charge in [0.25, 0.3) is 5.91 Å². The molecule has 110 valence electrons. The largest absolute Gasteiger partial charge is 0.480 e. The second-order valence-corrected chi connectivity index (χ2v) is 6.30. The Balaban J connectivity index is 1.84. The van der Waals surface area contributed by atoms with Crippen LogP contribution in [0.3, 0.4) is 0 Å². The lowest BCUT2D eigenvalue weighted by Crippen LogP contribution is -2.59. The van der Waals surface area contributed by atoms with E-state index in [9.17, 15) is 14.7 Å². The SMILES string of the molecule is Cc1sc(-c2ccco2)nc1C(=O)NC1(C(=O)O)CCC1. The Labute approximate surface area is 124 Å². The molecule has 2 N–H and O–H groups in total. The first-order valence-corrected chi connectivity index (χ1v) is 7.41. The number of carboxylic acids is 1. The number of carbonyl (C=O) groups is 2. The van der Waals surface area contributed by atoms with Crippen LogP contribution in [0.5, 0.6) is 0 Å². The van der Waals surface area contributed by atoms with Gasteiger partial charge in [-0.1, -0.05) is 0 Å². The van der Waals surface area contributed by atoms with Gasteiger partial charge in [-0.3, -0.25) is 4.79 Å². The number of rotatable bonds is 4. The lowest BCUT2D eigenvalue weighted by molar-refractivity contribution is -0.148. The van der Waals surface area contributed by atoms with Crippen LogP contribution in [0.1, 0.15) is 34.6 Å². The van der Waals surface area contributed by atoms with Crippen LogP contribution in [0.15, 0.2) is 22.8 Å². The van der Waals surface area contributed by atoms with Crippen LogP contribution in [0.25, 0.3) is 10.8 Å². The standard InChI is InChI=1S/C14H14N2O4S/c1-8-10(15-12(21-8)9-4-2-7-20-9)11(17)16-14(13(18)19)5-3-6-14/h2,4,7H,3,5-6H2,1H3,(H,16,17)(H,18,19). The highest BCUT2D eigenvalue weighted by atomic mass is 32.1. The first-order valence-electron chi connectivity index (χ1n) is 6.59. The Morgan fingerprint density at radius 3 is 2.76 bits per heavy atom. The highest BCUT2D eigenvalue weighted by Crippen LogP contribution is 2.33. The summed E-state index contributed by atoms with van der Waals surface area (Å²) >= 11 is 1.35. The molecule has 3 rings (SSSR count). The number of nitrogens with one attached hydrogen (secondary N) is 1. The summed E-state index contributed by atoms with van der Waals surface area (Å²) in [4.78, 5) is 28.6. The molecular formula is C14H14N2O4S. The number of amides is 1. The maximum atomic E-state index is 12.3. The number of carbonyl (C=O) groups excluding carboxylic acids is 1. The van der Waals surface area contributed by atoms with Crippen molar-refractivity contribution >= 4 is 23.2 Å². The second kappa shape index (κ2) is 5.00. The van der Waals surface area contributed by atoms with Crippen LogP contribution in [-0.4, -0.2) is 27.5 Å². The van der Waals surface area contributed by atoms with Crippen molar-refractivity contribution in [2.75, 3.05) is 0 Å². The molecule has 0 bridgehead atoms. The lowest BCUT2D eigenvalue weighted by atomic mass is 9.76. The van der Waals surface area contributed by atoms with E-state index in [2.05, 4.69) is 10.3 Å². The summed E-state index contributed by atoms with van der Waals surface area (Å²) in [6.07, 6.45) is 3.27. The summed E-state index contributed by atoms with van der Waals surface area (Å²) in [5.41, 5.74) is -0.864. The van der Waals surface area contributed by atoms with Crippen molar-refractivity contribution in [2.45, 2.75) is 31.7 Å². The van der Waals surface area contributed by atoms with Crippen LogP contribution in [-0.2, 0) is 4.79 Å². The summed E-state index contributed by atoms with van der Waals surface area (Å²) in [6, 6.07) is 3.52. The molecule has 0 spiro atoms. The van der Waals surface area contributed by atoms with E-state index in [1.165, 1.54) is 11.3 Å². The van der Waals surface area contributed by atoms with Crippen molar-refractivity contribution in [1.29, 1.82) is 0 Å². The van der Waals surface area contributed by atoms with Crippen molar-refractivity contribution < 1.29 is 19.1 Å². The second-order valence-electron chi connectivity index (χ2n) is 5.10. The van der Waals surface area contributed by atoms with Gasteiger partial charge in [0.1, 0.15) is 11.2 Å². The fraction of sp³-hybridized carbons (Fsp3) is 0.357. The van der Waals surface area contributed by atoms with E-state index in [0.717, 1.165) is 11.3 Å². The molecule has 6 nitrogen and oxygen atoms in total. The van der Waals surface area contributed by atoms with E-state index in [1.54, 1.807) is 25.3 Å². The molecule has 7 heteroatoms. The predicted octanol–water partition coefficient (Wildman–Crippen LogP) is 2.45. The van der Waals surface area contributed by atoms with Crippen molar-refractivity contribution in [3.8, 4) is 10.8 Å². The minimum absolute atomic E-state index is 0.263. The van der Waals surface area contributed by atoms with Gasteiger partial charge in [0.15, 0.2) is 10.8 Å². The molecule has 1 aliphatic rings. The van der Waals surface area contributed by atoms with Crippen LogP contribution in [0, 0.1) is 6.92 Å². The van der Waals surface area contributed by atoms with Crippen molar-refractivity contribution in [1.82, 2.24) is 10.3 Å². The number of aliphatic carboxylic acids is 1. The maximum absolute atomic E-state index is 12.3. The molecular weight excluding hydrogens is 292 g/mol. The molecule has 0 saturated heterocycles. The van der Waals surface area contributed by atoms with Crippen LogP contribution in [0.4, 0.5) is 0 Å². The number of aromatic nitrogens is 1. The first-order chi connectivity index (χ1) is 10.0. The topological polar surface area (TPSA) is 92.4 Å². The van der Waals surface area contributed by atoms with Gasteiger partial charge >= 0.3 is 5.97 Å². The minimum atomic E-state index is -1.13. The van der Waals surface area contributed by atoms with Crippen LogP contribution >= 0.6 is 11.3 Å². The molecule has 2 aromatic heterocycles. The fourth-order valence-corrected chi connectivity index (χ4v) is 3.19. The summed E-state index contributed by atoms with van der Waals surface area (Å²) in [7, 11) is 0. The number of aryl methyl sites for hydroxylation is 1. The van der Waals surface area contributed by atoms with E-state index in [-0.39, 0.29) is 5.69 Å². The van der Waals surface area contributed by atoms with E-state index in [0.29, 0.717) is 23.6 Å². The van der Waals surface area contributed by atoms with Crippen molar-refractivity contribution in [3.63, 3.8) is 0 Å². The highest BCUT2D eigenvalue weighted by molar-refractivity contribution is 7.15. The molecule has 1 saturated carbocycles. The van der Waals surface area contributed by atoms with Crippen LogP contribution in [0.2, 0.25) is 0 Å². The number of thiazole rings is 1. The molecule has 0 atom stereocenters. The molecule has 1 amide bonds. The molecule has 0 radical (unpaired) electrons. The third-order valence-electron chi connectivity index (χ3n) is 3.71. The Kier molecular flexibility index (Phi) is 3.29. The summed E-state index contributed by atoms with van der Waals surface area (Å²) in [5, 5.41) is 12.5. The predicted molar refractivity (Wildman–Crippen MR) is 76.2 cm³/mol. The third kappa shape index (κ3) is 2.33.